The lowest BCUT2D eigenvalue weighted by atomic mass is 10.0. The molecule has 0 saturated carbocycles. The van der Waals surface area contributed by atoms with Crippen LogP contribution in [-0.4, -0.2) is 32.7 Å². The van der Waals surface area contributed by atoms with Gasteiger partial charge in [-0.25, -0.2) is 13.2 Å². The lowest BCUT2D eigenvalue weighted by Gasteiger charge is -2.32. The molecule has 0 aromatic heterocycles. The minimum Gasteiger partial charge on any atom is -0.352 e. The van der Waals surface area contributed by atoms with Gasteiger partial charge in [0.2, 0.25) is 0 Å². The van der Waals surface area contributed by atoms with Crippen molar-refractivity contribution in [3.63, 3.8) is 0 Å². The lowest BCUT2D eigenvalue weighted by Crippen LogP contribution is -2.33. The minimum atomic E-state index is -1.49. The molecule has 2 aliphatic rings. The van der Waals surface area contributed by atoms with E-state index < -0.39 is 23.7 Å². The molecule has 2 saturated heterocycles. The van der Waals surface area contributed by atoms with Crippen molar-refractivity contribution < 1.29 is 32.1 Å². The zero-order valence-corrected chi connectivity index (χ0v) is 16.0. The van der Waals surface area contributed by atoms with Gasteiger partial charge in [-0.1, -0.05) is 25.5 Å². The second-order valence-corrected chi connectivity index (χ2v) is 7.31. The smallest absolute Gasteiger partial charge is 0.194 e. The van der Waals surface area contributed by atoms with Crippen molar-refractivity contribution in [2.75, 3.05) is 26.4 Å². The van der Waals surface area contributed by atoms with Gasteiger partial charge in [0.25, 0.3) is 0 Å². The number of benzene rings is 1. The number of rotatable bonds is 7. The van der Waals surface area contributed by atoms with E-state index in [1.807, 2.05) is 0 Å². The van der Waals surface area contributed by atoms with Gasteiger partial charge < -0.3 is 18.9 Å². The van der Waals surface area contributed by atoms with Crippen LogP contribution in [0.3, 0.4) is 0 Å². The molecule has 0 spiro atoms. The molecule has 0 radical (unpaired) electrons. The van der Waals surface area contributed by atoms with Gasteiger partial charge >= 0.3 is 0 Å². The molecule has 0 bridgehead atoms. The van der Waals surface area contributed by atoms with E-state index >= 15 is 0 Å². The van der Waals surface area contributed by atoms with Crippen molar-refractivity contribution in [2.45, 2.75) is 45.2 Å². The van der Waals surface area contributed by atoms with Crippen LogP contribution in [0.25, 0.3) is 0 Å². The number of ether oxygens (including phenoxy) is 4. The zero-order valence-electron chi connectivity index (χ0n) is 16.0. The van der Waals surface area contributed by atoms with Crippen molar-refractivity contribution in [2.24, 2.45) is 11.8 Å². The summed E-state index contributed by atoms with van der Waals surface area (Å²) in [5.41, 5.74) is 0.135. The molecule has 28 heavy (non-hydrogen) atoms. The molecule has 0 atom stereocenters. The average molecular weight is 400 g/mol. The van der Waals surface area contributed by atoms with E-state index in [9.17, 15) is 13.2 Å². The van der Waals surface area contributed by atoms with Gasteiger partial charge in [0.05, 0.1) is 26.4 Å². The highest BCUT2D eigenvalue weighted by molar-refractivity contribution is 5.20. The second kappa shape index (κ2) is 10.4. The molecule has 1 aromatic rings. The monoisotopic (exact) mass is 400 g/mol. The fourth-order valence-electron chi connectivity index (χ4n) is 3.28. The van der Waals surface area contributed by atoms with E-state index in [0.717, 1.165) is 37.8 Å². The van der Waals surface area contributed by atoms with Gasteiger partial charge in [0, 0.05) is 17.4 Å². The highest BCUT2D eigenvalue weighted by atomic mass is 19.2. The quantitative estimate of drug-likeness (QED) is 0.482. The molecule has 7 heteroatoms. The van der Waals surface area contributed by atoms with E-state index in [0.29, 0.717) is 32.3 Å². The maximum absolute atomic E-state index is 13.4. The van der Waals surface area contributed by atoms with Crippen LogP contribution in [0.4, 0.5) is 13.2 Å². The predicted molar refractivity (Wildman–Crippen MR) is 96.9 cm³/mol. The molecular weight excluding hydrogens is 373 g/mol. The highest BCUT2D eigenvalue weighted by Gasteiger charge is 2.27. The van der Waals surface area contributed by atoms with Crippen molar-refractivity contribution >= 4 is 0 Å². The first kappa shape index (κ1) is 21.3. The second-order valence-electron chi connectivity index (χ2n) is 7.31. The number of halogens is 3. The van der Waals surface area contributed by atoms with Crippen LogP contribution in [0, 0.1) is 29.3 Å². The first-order chi connectivity index (χ1) is 13.6. The van der Waals surface area contributed by atoms with Crippen LogP contribution >= 0.6 is 0 Å². The lowest BCUT2D eigenvalue weighted by molar-refractivity contribution is -0.217. The topological polar surface area (TPSA) is 36.9 Å². The largest absolute Gasteiger partial charge is 0.352 e. The predicted octanol–water partition coefficient (Wildman–Crippen LogP) is 4.89. The molecule has 156 valence electrons. The van der Waals surface area contributed by atoms with Crippen LogP contribution in [-0.2, 0) is 18.9 Å². The Morgan fingerprint density at radius 2 is 1.57 bits per heavy atom. The number of unbranched alkanes of at least 4 members (excludes halogenated alkanes) is 1. The molecule has 4 nitrogen and oxygen atoms in total. The van der Waals surface area contributed by atoms with Crippen LogP contribution in [0.1, 0.15) is 44.5 Å². The summed E-state index contributed by atoms with van der Waals surface area (Å²) in [6.45, 7) is 4.24. The summed E-state index contributed by atoms with van der Waals surface area (Å²) in [5, 5.41) is 0. The summed E-state index contributed by atoms with van der Waals surface area (Å²) in [6, 6.07) is 1.80. The summed E-state index contributed by atoms with van der Waals surface area (Å²) >= 11 is 0. The molecular formula is C21H27F3O4. The van der Waals surface area contributed by atoms with E-state index in [-0.39, 0.29) is 17.8 Å². The van der Waals surface area contributed by atoms with E-state index in [4.69, 9.17) is 18.9 Å². The van der Waals surface area contributed by atoms with Gasteiger partial charge in [-0.05, 0) is 31.4 Å². The van der Waals surface area contributed by atoms with Crippen LogP contribution < -0.4 is 0 Å². The Morgan fingerprint density at radius 1 is 0.929 bits per heavy atom. The van der Waals surface area contributed by atoms with Crippen molar-refractivity contribution in [1.29, 1.82) is 0 Å². The van der Waals surface area contributed by atoms with Gasteiger partial charge in [-0.15, -0.1) is 0 Å². The van der Waals surface area contributed by atoms with Crippen LogP contribution in [0.2, 0.25) is 0 Å². The summed E-state index contributed by atoms with van der Waals surface area (Å²) in [6.07, 6.45) is 6.93. The Balaban J connectivity index is 1.37. The van der Waals surface area contributed by atoms with Gasteiger partial charge in [-0.3, -0.25) is 0 Å². The Hall–Kier alpha value is -1.41. The molecule has 1 aromatic carbocycles. The van der Waals surface area contributed by atoms with Crippen molar-refractivity contribution in [3.8, 4) is 0 Å². The third-order valence-corrected chi connectivity index (χ3v) is 4.91. The van der Waals surface area contributed by atoms with Crippen molar-refractivity contribution in [1.82, 2.24) is 0 Å². The van der Waals surface area contributed by atoms with Gasteiger partial charge in [-0.2, -0.15) is 0 Å². The molecule has 0 unspecified atom stereocenters. The normalized spacial score (nSPS) is 28.7. The van der Waals surface area contributed by atoms with Gasteiger partial charge in [0.15, 0.2) is 30.0 Å². The third-order valence-electron chi connectivity index (χ3n) is 4.91. The maximum atomic E-state index is 13.4. The average Bonchev–Trinajstić information content (AvgIpc) is 2.71. The SMILES string of the molecule is CCC/C=C/[C@H]1CO[C@H](CCC2COC(c3cc(F)c(F)c(F)c3)OC2)OC1. The van der Waals surface area contributed by atoms with Gasteiger partial charge in [0.1, 0.15) is 0 Å². The third kappa shape index (κ3) is 5.80. The number of hydrogen-bond donors (Lipinski definition) is 0. The van der Waals surface area contributed by atoms with E-state index in [1.54, 1.807) is 0 Å². The molecule has 0 N–H and O–H groups in total. The molecule has 0 aliphatic carbocycles. The molecule has 3 rings (SSSR count). The molecule has 0 amide bonds. The highest BCUT2D eigenvalue weighted by Crippen LogP contribution is 2.29. The molecule has 2 heterocycles. The van der Waals surface area contributed by atoms with Crippen molar-refractivity contribution in [3.05, 3.63) is 47.3 Å². The first-order valence-corrected chi connectivity index (χ1v) is 9.84. The zero-order chi connectivity index (χ0) is 19.9. The fraction of sp³-hybridized carbons (Fsp3) is 0.619. The summed E-state index contributed by atoms with van der Waals surface area (Å²) in [5.74, 6) is -3.55. The van der Waals surface area contributed by atoms with Crippen LogP contribution in [0.5, 0.6) is 0 Å². The Kier molecular flexibility index (Phi) is 7.91. The summed E-state index contributed by atoms with van der Waals surface area (Å²) < 4.78 is 62.4. The molecule has 2 fully saturated rings. The Morgan fingerprint density at radius 3 is 2.18 bits per heavy atom. The van der Waals surface area contributed by atoms with Crippen LogP contribution in [0.15, 0.2) is 24.3 Å². The number of allylic oxidation sites excluding steroid dienone is 1. The fourth-order valence-corrected chi connectivity index (χ4v) is 3.28. The first-order valence-electron chi connectivity index (χ1n) is 9.84. The summed E-state index contributed by atoms with van der Waals surface area (Å²) in [7, 11) is 0. The minimum absolute atomic E-state index is 0.135. The summed E-state index contributed by atoms with van der Waals surface area (Å²) in [4.78, 5) is 0. The molecule has 2 aliphatic heterocycles. The maximum Gasteiger partial charge on any atom is 0.194 e. The van der Waals surface area contributed by atoms with E-state index in [2.05, 4.69) is 19.1 Å². The Bertz CT molecular complexity index is 628. The standard InChI is InChI=1S/C21H27F3O4/c1-2-3-4-5-14-10-25-19(26-11-14)7-6-15-12-27-21(28-13-15)16-8-17(22)20(24)18(23)9-16/h4-5,8-9,14-15,19,21H,2-3,6-7,10-13H2,1H3/b5-4+/t14-,15?,19-,21?. The van der Waals surface area contributed by atoms with E-state index in [1.165, 1.54) is 0 Å². The Labute approximate surface area is 163 Å². The number of hydrogen-bond acceptors (Lipinski definition) is 4.